The molecule has 5 nitrogen and oxygen atoms in total. The summed E-state index contributed by atoms with van der Waals surface area (Å²) in [5.41, 5.74) is 5.69. The second-order valence-corrected chi connectivity index (χ2v) is 5.99. The summed E-state index contributed by atoms with van der Waals surface area (Å²) in [5, 5.41) is 0. The van der Waals surface area contributed by atoms with Gasteiger partial charge in [0.2, 0.25) is 5.91 Å². The lowest BCUT2D eigenvalue weighted by molar-refractivity contribution is -0.139. The van der Waals surface area contributed by atoms with Crippen molar-refractivity contribution < 1.29 is 9.53 Å². The molecule has 1 atom stereocenters. The fourth-order valence-electron chi connectivity index (χ4n) is 3.26. The van der Waals surface area contributed by atoms with Crippen molar-refractivity contribution in [3.63, 3.8) is 0 Å². The van der Waals surface area contributed by atoms with Gasteiger partial charge in [-0.05, 0) is 19.8 Å². The molecule has 0 spiro atoms. The minimum atomic E-state index is -0.575. The lowest BCUT2D eigenvalue weighted by Gasteiger charge is -2.42. The number of carbonyl (C=O) groups is 1. The third-order valence-corrected chi connectivity index (χ3v) is 4.56. The van der Waals surface area contributed by atoms with Gasteiger partial charge in [0, 0.05) is 39.3 Å². The zero-order chi connectivity index (χ0) is 13.9. The minimum absolute atomic E-state index is 0. The highest BCUT2D eigenvalue weighted by Gasteiger charge is 2.41. The fraction of sp³-hybridized carbons (Fsp3) is 0.929. The summed E-state index contributed by atoms with van der Waals surface area (Å²) in [6, 6.07) is 0.387. The fourth-order valence-corrected chi connectivity index (χ4v) is 3.26. The van der Waals surface area contributed by atoms with E-state index in [1.165, 1.54) is 0 Å². The van der Waals surface area contributed by atoms with Crippen LogP contribution < -0.4 is 5.73 Å². The van der Waals surface area contributed by atoms with E-state index < -0.39 is 5.54 Å². The molecule has 1 aliphatic carbocycles. The number of rotatable bonds is 4. The second-order valence-electron chi connectivity index (χ2n) is 5.99. The van der Waals surface area contributed by atoms with E-state index in [4.69, 9.17) is 10.5 Å². The topological polar surface area (TPSA) is 58.8 Å². The zero-order valence-electron chi connectivity index (χ0n) is 13.0. The summed E-state index contributed by atoms with van der Waals surface area (Å²) >= 11 is 0. The monoisotopic (exact) mass is 341 g/mol. The van der Waals surface area contributed by atoms with Gasteiger partial charge in [-0.25, -0.2) is 0 Å². The van der Waals surface area contributed by atoms with Gasteiger partial charge in [0.15, 0.2) is 0 Å². The van der Waals surface area contributed by atoms with E-state index in [1.54, 1.807) is 7.11 Å². The molecule has 1 unspecified atom stereocenters. The van der Waals surface area contributed by atoms with Gasteiger partial charge in [-0.2, -0.15) is 0 Å². The Balaban J connectivity index is 0.00000200. The maximum Gasteiger partial charge on any atom is 0.242 e. The smallest absolute Gasteiger partial charge is 0.242 e. The Kier molecular flexibility index (Phi) is 9.12. The molecule has 0 radical (unpaired) electrons. The first-order chi connectivity index (χ1) is 9.07. The highest BCUT2D eigenvalue weighted by atomic mass is 35.5. The number of ether oxygens (including phenoxy) is 1. The SMILES string of the molecule is COCCN1CCN(C(=O)C2(N)CCCC2)CC1C.Cl.Cl. The van der Waals surface area contributed by atoms with Crippen molar-refractivity contribution >= 4 is 30.7 Å². The Morgan fingerprint density at radius 1 is 1.29 bits per heavy atom. The molecule has 1 aliphatic heterocycles. The van der Waals surface area contributed by atoms with Crippen LogP contribution in [0.1, 0.15) is 32.6 Å². The normalized spacial score (nSPS) is 25.1. The molecule has 2 rings (SSSR count). The molecule has 1 heterocycles. The first kappa shape index (κ1) is 20.9. The molecular weight excluding hydrogens is 313 g/mol. The van der Waals surface area contributed by atoms with Gasteiger partial charge in [-0.1, -0.05) is 12.8 Å². The molecule has 2 fully saturated rings. The quantitative estimate of drug-likeness (QED) is 0.836. The number of amides is 1. The van der Waals surface area contributed by atoms with E-state index in [2.05, 4.69) is 11.8 Å². The Labute approximate surface area is 140 Å². The van der Waals surface area contributed by atoms with Gasteiger partial charge in [0.05, 0.1) is 12.1 Å². The van der Waals surface area contributed by atoms with Crippen molar-refractivity contribution in [3.8, 4) is 0 Å². The summed E-state index contributed by atoms with van der Waals surface area (Å²) in [5.74, 6) is 0.170. The number of halogens is 2. The van der Waals surface area contributed by atoms with Crippen LogP contribution in [0, 0.1) is 0 Å². The van der Waals surface area contributed by atoms with Gasteiger partial charge >= 0.3 is 0 Å². The highest BCUT2D eigenvalue weighted by Crippen LogP contribution is 2.29. The van der Waals surface area contributed by atoms with Crippen LogP contribution >= 0.6 is 24.8 Å². The van der Waals surface area contributed by atoms with Crippen LogP contribution in [0.2, 0.25) is 0 Å². The average molecular weight is 342 g/mol. The number of piperazine rings is 1. The summed E-state index contributed by atoms with van der Waals surface area (Å²) < 4.78 is 5.12. The first-order valence-electron chi connectivity index (χ1n) is 7.38. The molecule has 2 aliphatic rings. The van der Waals surface area contributed by atoms with Crippen molar-refractivity contribution in [2.75, 3.05) is 39.9 Å². The van der Waals surface area contributed by atoms with Crippen LogP contribution in [0.3, 0.4) is 0 Å². The van der Waals surface area contributed by atoms with Crippen LogP contribution in [0.5, 0.6) is 0 Å². The molecule has 7 heteroatoms. The van der Waals surface area contributed by atoms with Crippen molar-refractivity contribution in [1.82, 2.24) is 9.80 Å². The summed E-state index contributed by atoms with van der Waals surface area (Å²) in [4.78, 5) is 16.9. The Morgan fingerprint density at radius 3 is 2.43 bits per heavy atom. The van der Waals surface area contributed by atoms with E-state index in [9.17, 15) is 4.79 Å². The van der Waals surface area contributed by atoms with E-state index in [-0.39, 0.29) is 30.7 Å². The third kappa shape index (κ3) is 4.96. The summed E-state index contributed by atoms with van der Waals surface area (Å²) in [7, 11) is 1.72. The van der Waals surface area contributed by atoms with Crippen molar-refractivity contribution in [1.29, 1.82) is 0 Å². The standard InChI is InChI=1S/C14H27N3O2.2ClH/c1-12-11-17(8-7-16(12)9-10-19-2)13(18)14(15)5-3-4-6-14;;/h12H,3-11,15H2,1-2H3;2*1H. The van der Waals surface area contributed by atoms with Crippen molar-refractivity contribution in [2.45, 2.75) is 44.2 Å². The molecular formula is C14H29Cl2N3O2. The minimum Gasteiger partial charge on any atom is -0.383 e. The van der Waals surface area contributed by atoms with Crippen LogP contribution in [-0.4, -0.2) is 67.2 Å². The molecule has 1 amide bonds. The van der Waals surface area contributed by atoms with Gasteiger partial charge in [-0.3, -0.25) is 9.69 Å². The number of nitrogens with zero attached hydrogens (tertiary/aromatic N) is 2. The Hall–Kier alpha value is -0.0700. The second kappa shape index (κ2) is 9.16. The Bertz CT molecular complexity index is 325. The molecule has 126 valence electrons. The van der Waals surface area contributed by atoms with Crippen LogP contribution in [0.15, 0.2) is 0 Å². The average Bonchev–Trinajstić information content (AvgIpc) is 2.84. The summed E-state index contributed by atoms with van der Waals surface area (Å²) in [6.07, 6.45) is 3.88. The van der Waals surface area contributed by atoms with E-state index in [0.29, 0.717) is 6.04 Å². The third-order valence-electron chi connectivity index (χ3n) is 4.56. The molecule has 21 heavy (non-hydrogen) atoms. The molecule has 0 aromatic heterocycles. The predicted octanol–water partition coefficient (Wildman–Crippen LogP) is 1.28. The van der Waals surface area contributed by atoms with Crippen molar-refractivity contribution in [2.24, 2.45) is 5.73 Å². The maximum atomic E-state index is 12.5. The van der Waals surface area contributed by atoms with Gasteiger partial charge in [0.1, 0.15) is 0 Å². The number of methoxy groups -OCH3 is 1. The number of hydrogen-bond acceptors (Lipinski definition) is 4. The largest absolute Gasteiger partial charge is 0.383 e. The Morgan fingerprint density at radius 2 is 1.90 bits per heavy atom. The van der Waals surface area contributed by atoms with E-state index in [0.717, 1.165) is 58.5 Å². The highest BCUT2D eigenvalue weighted by molar-refractivity contribution is 5.86. The van der Waals surface area contributed by atoms with Gasteiger partial charge < -0.3 is 15.4 Å². The van der Waals surface area contributed by atoms with E-state index >= 15 is 0 Å². The molecule has 2 N–H and O–H groups in total. The molecule has 0 aromatic rings. The number of hydrogen-bond donors (Lipinski definition) is 1. The predicted molar refractivity (Wildman–Crippen MR) is 89.4 cm³/mol. The molecule has 0 aromatic carbocycles. The first-order valence-corrected chi connectivity index (χ1v) is 7.38. The van der Waals surface area contributed by atoms with E-state index in [1.807, 2.05) is 4.90 Å². The zero-order valence-corrected chi connectivity index (χ0v) is 14.7. The van der Waals surface area contributed by atoms with Crippen LogP contribution in [0.4, 0.5) is 0 Å². The van der Waals surface area contributed by atoms with Crippen molar-refractivity contribution in [3.05, 3.63) is 0 Å². The maximum absolute atomic E-state index is 12.5. The number of nitrogens with two attached hydrogens (primary N) is 1. The van der Waals surface area contributed by atoms with Crippen LogP contribution in [0.25, 0.3) is 0 Å². The summed E-state index contributed by atoms with van der Waals surface area (Å²) in [6.45, 7) is 6.37. The van der Waals surface area contributed by atoms with Gasteiger partial charge in [-0.15, -0.1) is 24.8 Å². The lowest BCUT2D eigenvalue weighted by Crippen LogP contribution is -2.60. The molecule has 1 saturated carbocycles. The molecule has 1 saturated heterocycles. The number of carbonyl (C=O) groups excluding carboxylic acids is 1. The van der Waals surface area contributed by atoms with Gasteiger partial charge in [0.25, 0.3) is 0 Å². The molecule has 0 bridgehead atoms. The lowest BCUT2D eigenvalue weighted by atomic mass is 9.96. The van der Waals surface area contributed by atoms with Crippen LogP contribution in [-0.2, 0) is 9.53 Å².